The van der Waals surface area contributed by atoms with Crippen LogP contribution in [0.1, 0.15) is 54.0 Å². The van der Waals surface area contributed by atoms with Gasteiger partial charge in [-0.2, -0.15) is 0 Å². The standard InChI is InChI=1S/C28H32O5/c1-16-17(2)26-24(15-28(5,33-26)11-12-29)19(4)25(16)32-27(30)18(3)20-7-8-22-14-23(31-6)10-9-21(22)13-20/h7-10,13-14,18,29H,11-12,15H2,1-6H3. The number of benzene rings is 3. The van der Waals surface area contributed by atoms with Crippen LogP contribution in [0.5, 0.6) is 17.2 Å². The Hall–Kier alpha value is -3.05. The van der Waals surface area contributed by atoms with E-state index in [-0.39, 0.29) is 12.6 Å². The molecule has 3 aromatic rings. The fraction of sp³-hybridized carbons (Fsp3) is 0.393. The van der Waals surface area contributed by atoms with Crippen molar-refractivity contribution in [3.05, 3.63) is 64.2 Å². The van der Waals surface area contributed by atoms with E-state index in [0.29, 0.717) is 18.6 Å². The van der Waals surface area contributed by atoms with E-state index in [1.807, 2.05) is 71.0 Å². The second-order valence-electron chi connectivity index (χ2n) is 9.33. The predicted molar refractivity (Wildman–Crippen MR) is 130 cm³/mol. The molecule has 0 aromatic heterocycles. The molecule has 0 bridgehead atoms. The summed E-state index contributed by atoms with van der Waals surface area (Å²) in [6.07, 6.45) is 1.24. The highest BCUT2D eigenvalue weighted by Gasteiger charge is 2.38. The van der Waals surface area contributed by atoms with E-state index in [9.17, 15) is 9.90 Å². The van der Waals surface area contributed by atoms with Crippen molar-refractivity contribution < 1.29 is 24.1 Å². The summed E-state index contributed by atoms with van der Waals surface area (Å²) in [5.74, 6) is 1.58. The number of rotatable bonds is 6. The van der Waals surface area contributed by atoms with Crippen LogP contribution in [0, 0.1) is 20.8 Å². The molecule has 1 aliphatic rings. The number of aliphatic hydroxyl groups is 1. The minimum atomic E-state index is -0.442. The first kappa shape index (κ1) is 23.1. The molecule has 2 atom stereocenters. The van der Waals surface area contributed by atoms with Crippen LogP contribution in [0.25, 0.3) is 10.8 Å². The molecule has 1 N–H and O–H groups in total. The van der Waals surface area contributed by atoms with Crippen molar-refractivity contribution in [1.29, 1.82) is 0 Å². The van der Waals surface area contributed by atoms with Gasteiger partial charge in [-0.05, 0) is 79.8 Å². The summed E-state index contributed by atoms with van der Waals surface area (Å²) in [4.78, 5) is 13.2. The molecule has 0 radical (unpaired) electrons. The summed E-state index contributed by atoms with van der Waals surface area (Å²) in [5, 5.41) is 11.6. The van der Waals surface area contributed by atoms with Gasteiger partial charge in [0.25, 0.3) is 0 Å². The summed E-state index contributed by atoms with van der Waals surface area (Å²) in [7, 11) is 1.65. The van der Waals surface area contributed by atoms with E-state index >= 15 is 0 Å². The zero-order valence-corrected chi connectivity index (χ0v) is 20.2. The van der Waals surface area contributed by atoms with E-state index in [4.69, 9.17) is 14.2 Å². The molecule has 0 spiro atoms. The zero-order chi connectivity index (χ0) is 23.9. The molecule has 3 aromatic carbocycles. The molecule has 0 saturated carbocycles. The summed E-state index contributed by atoms with van der Waals surface area (Å²) in [6, 6.07) is 11.9. The topological polar surface area (TPSA) is 65.0 Å². The summed E-state index contributed by atoms with van der Waals surface area (Å²) < 4.78 is 17.6. The lowest BCUT2D eigenvalue weighted by atomic mass is 9.91. The van der Waals surface area contributed by atoms with Crippen molar-refractivity contribution >= 4 is 16.7 Å². The Morgan fingerprint density at radius 1 is 1.09 bits per heavy atom. The fourth-order valence-corrected chi connectivity index (χ4v) is 4.66. The smallest absolute Gasteiger partial charge is 0.318 e. The third kappa shape index (κ3) is 4.18. The Morgan fingerprint density at radius 2 is 1.79 bits per heavy atom. The van der Waals surface area contributed by atoms with Crippen LogP contribution in [0.2, 0.25) is 0 Å². The molecule has 33 heavy (non-hydrogen) atoms. The predicted octanol–water partition coefficient (Wildman–Crippen LogP) is 5.56. The highest BCUT2D eigenvalue weighted by Crippen LogP contribution is 2.46. The van der Waals surface area contributed by atoms with Gasteiger partial charge in [0.1, 0.15) is 22.8 Å². The Labute approximate surface area is 195 Å². The second-order valence-corrected chi connectivity index (χ2v) is 9.33. The third-order valence-electron chi connectivity index (χ3n) is 6.98. The van der Waals surface area contributed by atoms with Crippen molar-refractivity contribution in [1.82, 2.24) is 0 Å². The largest absolute Gasteiger partial charge is 0.497 e. The first-order valence-corrected chi connectivity index (χ1v) is 11.4. The van der Waals surface area contributed by atoms with E-state index < -0.39 is 11.5 Å². The van der Waals surface area contributed by atoms with Crippen LogP contribution < -0.4 is 14.2 Å². The maximum Gasteiger partial charge on any atom is 0.318 e. The van der Waals surface area contributed by atoms with Gasteiger partial charge in [-0.25, -0.2) is 0 Å². The maximum absolute atomic E-state index is 13.2. The lowest BCUT2D eigenvalue weighted by Gasteiger charge is -2.23. The van der Waals surface area contributed by atoms with Crippen LogP contribution in [-0.2, 0) is 11.2 Å². The van der Waals surface area contributed by atoms with Crippen molar-refractivity contribution in [3.63, 3.8) is 0 Å². The molecule has 1 aliphatic heterocycles. The van der Waals surface area contributed by atoms with Gasteiger partial charge in [0.05, 0.1) is 13.0 Å². The third-order valence-corrected chi connectivity index (χ3v) is 6.98. The van der Waals surface area contributed by atoms with Gasteiger partial charge in [-0.15, -0.1) is 0 Å². The molecule has 5 heteroatoms. The summed E-state index contributed by atoms with van der Waals surface area (Å²) >= 11 is 0. The maximum atomic E-state index is 13.2. The van der Waals surface area contributed by atoms with Gasteiger partial charge >= 0.3 is 5.97 Å². The lowest BCUT2D eigenvalue weighted by molar-refractivity contribution is -0.135. The van der Waals surface area contributed by atoms with Gasteiger partial charge in [-0.1, -0.05) is 24.3 Å². The normalized spacial score (nSPS) is 18.0. The number of carbonyl (C=O) groups is 1. The summed E-state index contributed by atoms with van der Waals surface area (Å²) in [6.45, 7) is 9.90. The Bertz CT molecular complexity index is 1230. The molecule has 0 amide bonds. The molecule has 5 nitrogen and oxygen atoms in total. The highest BCUT2D eigenvalue weighted by atomic mass is 16.5. The number of methoxy groups -OCH3 is 1. The van der Waals surface area contributed by atoms with Crippen LogP contribution in [0.4, 0.5) is 0 Å². The lowest BCUT2D eigenvalue weighted by Crippen LogP contribution is -2.31. The van der Waals surface area contributed by atoms with Gasteiger partial charge in [0, 0.05) is 25.0 Å². The van der Waals surface area contributed by atoms with Crippen molar-refractivity contribution in [2.45, 2.75) is 59.0 Å². The van der Waals surface area contributed by atoms with Crippen molar-refractivity contribution in [3.8, 4) is 17.2 Å². The first-order chi connectivity index (χ1) is 15.7. The van der Waals surface area contributed by atoms with Crippen LogP contribution >= 0.6 is 0 Å². The van der Waals surface area contributed by atoms with Gasteiger partial charge < -0.3 is 19.3 Å². The molecular weight excluding hydrogens is 416 g/mol. The minimum Gasteiger partial charge on any atom is -0.497 e. The second kappa shape index (κ2) is 8.71. The molecule has 2 unspecified atom stereocenters. The number of fused-ring (bicyclic) bond motifs is 2. The van der Waals surface area contributed by atoms with Crippen LogP contribution in [0.3, 0.4) is 0 Å². The van der Waals surface area contributed by atoms with Gasteiger partial charge in [-0.3, -0.25) is 4.79 Å². The summed E-state index contributed by atoms with van der Waals surface area (Å²) in [5.41, 5.74) is 4.34. The van der Waals surface area contributed by atoms with E-state index in [2.05, 4.69) is 0 Å². The molecule has 0 saturated heterocycles. The number of carbonyl (C=O) groups excluding carboxylic acids is 1. The van der Waals surface area contributed by atoms with E-state index in [1.165, 1.54) is 0 Å². The number of hydrogen-bond acceptors (Lipinski definition) is 5. The van der Waals surface area contributed by atoms with E-state index in [0.717, 1.165) is 50.1 Å². The minimum absolute atomic E-state index is 0.0689. The van der Waals surface area contributed by atoms with Crippen molar-refractivity contribution in [2.24, 2.45) is 0 Å². The molecule has 1 heterocycles. The number of aliphatic hydroxyl groups excluding tert-OH is 1. The van der Waals surface area contributed by atoms with Crippen LogP contribution in [0.15, 0.2) is 36.4 Å². The quantitative estimate of drug-likeness (QED) is 0.395. The number of ether oxygens (including phenoxy) is 3. The Balaban J connectivity index is 1.61. The highest BCUT2D eigenvalue weighted by molar-refractivity contribution is 5.87. The van der Waals surface area contributed by atoms with E-state index in [1.54, 1.807) is 7.11 Å². The molecule has 0 fully saturated rings. The number of hydrogen-bond donors (Lipinski definition) is 1. The fourth-order valence-electron chi connectivity index (χ4n) is 4.66. The monoisotopic (exact) mass is 448 g/mol. The molecule has 4 rings (SSSR count). The average Bonchev–Trinajstić information content (AvgIpc) is 3.17. The first-order valence-electron chi connectivity index (χ1n) is 11.4. The SMILES string of the molecule is COc1ccc2cc(C(C)C(=O)Oc3c(C)c(C)c4c(c3C)CC(C)(CCO)O4)ccc2c1. The zero-order valence-electron chi connectivity index (χ0n) is 20.2. The van der Waals surface area contributed by atoms with Gasteiger partial charge in [0.15, 0.2) is 0 Å². The Kier molecular flexibility index (Phi) is 6.10. The average molecular weight is 449 g/mol. The molecular formula is C28H32O5. The molecule has 0 aliphatic carbocycles. The van der Waals surface area contributed by atoms with Crippen LogP contribution in [-0.4, -0.2) is 30.4 Å². The number of esters is 1. The Morgan fingerprint density at radius 3 is 2.48 bits per heavy atom. The van der Waals surface area contributed by atoms with Gasteiger partial charge in [0.2, 0.25) is 0 Å². The molecule has 174 valence electrons. The van der Waals surface area contributed by atoms with Crippen molar-refractivity contribution in [2.75, 3.05) is 13.7 Å².